The molecule has 0 amide bonds. The van der Waals surface area contributed by atoms with Gasteiger partial charge in [0.1, 0.15) is 16.9 Å². The Hall–Kier alpha value is -1.73. The number of rotatable bonds is 15. The van der Waals surface area contributed by atoms with E-state index in [9.17, 15) is 14.7 Å². The second-order valence-electron chi connectivity index (χ2n) is 12.3. The molecule has 1 aromatic rings. The molecule has 3 heterocycles. The lowest BCUT2D eigenvalue weighted by Crippen LogP contribution is -2.53. The van der Waals surface area contributed by atoms with E-state index in [0.717, 1.165) is 52.2 Å². The standard InChI is InChI=1S/C32H47N3O6S3/c1-8-10-11-13-20-14-12-15-23(40-19-39-7)25(20)27-33-21(16-42-27)28-35(6)22(17-43-28)26(41-24(36)9-2)31(3,4)29-34-32(5,18-44-29)30(37)38/h12,14-15,21-22,26,28H,8-11,13,16-19H2,1-7H3,(H,37,38)/t21-,22+,26-,28-,32-/m1/s1. The minimum Gasteiger partial charge on any atom is -0.479 e. The number of ether oxygens (including phenoxy) is 3. The molecule has 12 heteroatoms. The van der Waals surface area contributed by atoms with Gasteiger partial charge in [0.05, 0.1) is 33.5 Å². The minimum atomic E-state index is -1.18. The molecule has 0 bridgehead atoms. The van der Waals surface area contributed by atoms with Crippen LogP contribution in [0.1, 0.15) is 71.4 Å². The van der Waals surface area contributed by atoms with Crippen LogP contribution in [0.3, 0.4) is 0 Å². The van der Waals surface area contributed by atoms with E-state index in [4.69, 9.17) is 19.2 Å². The van der Waals surface area contributed by atoms with Crippen LogP contribution < -0.4 is 4.74 Å². The molecular weight excluding hydrogens is 619 g/mol. The van der Waals surface area contributed by atoms with Crippen LogP contribution in [0.2, 0.25) is 0 Å². The maximum absolute atomic E-state index is 12.7. The van der Waals surface area contributed by atoms with Crippen LogP contribution in [0, 0.1) is 5.41 Å². The largest absolute Gasteiger partial charge is 0.479 e. The molecule has 1 fully saturated rings. The Balaban J connectivity index is 1.59. The summed E-state index contributed by atoms with van der Waals surface area (Å²) in [5, 5.41) is 11.6. The zero-order chi connectivity index (χ0) is 32.1. The van der Waals surface area contributed by atoms with Gasteiger partial charge in [0.2, 0.25) is 0 Å². The summed E-state index contributed by atoms with van der Waals surface area (Å²) in [5.41, 5.74) is 0.478. The summed E-state index contributed by atoms with van der Waals surface area (Å²) < 4.78 is 17.4. The first-order valence-corrected chi connectivity index (χ1v) is 18.4. The number of carbonyl (C=O) groups excluding carboxylic acids is 1. The number of aliphatic imine (C=N–C) groups is 2. The molecule has 44 heavy (non-hydrogen) atoms. The van der Waals surface area contributed by atoms with Crippen molar-refractivity contribution >= 4 is 57.3 Å². The van der Waals surface area contributed by atoms with E-state index in [2.05, 4.69) is 29.9 Å². The zero-order valence-electron chi connectivity index (χ0n) is 27.0. The van der Waals surface area contributed by atoms with Crippen molar-refractivity contribution in [3.63, 3.8) is 0 Å². The predicted molar refractivity (Wildman–Crippen MR) is 183 cm³/mol. The Labute approximate surface area is 274 Å². The monoisotopic (exact) mass is 665 g/mol. The van der Waals surface area contributed by atoms with Crippen LogP contribution in [0.25, 0.3) is 0 Å². The van der Waals surface area contributed by atoms with Crippen molar-refractivity contribution < 1.29 is 28.9 Å². The van der Waals surface area contributed by atoms with E-state index in [-0.39, 0.29) is 36.6 Å². The Kier molecular flexibility index (Phi) is 12.2. The molecule has 244 valence electrons. The number of esters is 1. The molecule has 9 nitrogen and oxygen atoms in total. The van der Waals surface area contributed by atoms with Gasteiger partial charge in [0.25, 0.3) is 0 Å². The predicted octanol–water partition coefficient (Wildman–Crippen LogP) is 5.97. The fourth-order valence-electron chi connectivity index (χ4n) is 5.80. The normalized spacial score (nSPS) is 26.4. The molecule has 0 saturated carbocycles. The number of unbranched alkanes of at least 4 members (excludes halogenated alkanes) is 2. The number of carboxylic acid groups (broad SMARTS) is 1. The third-order valence-corrected chi connectivity index (χ3v) is 12.7. The molecule has 1 N–H and O–H groups in total. The van der Waals surface area contributed by atoms with E-state index < -0.39 is 23.0 Å². The Bertz CT molecular complexity index is 1260. The van der Waals surface area contributed by atoms with E-state index in [1.165, 1.54) is 23.7 Å². The van der Waals surface area contributed by atoms with Crippen LogP contribution in [0.5, 0.6) is 5.75 Å². The molecule has 0 aromatic heterocycles. The summed E-state index contributed by atoms with van der Waals surface area (Å²) in [6, 6.07) is 6.19. The van der Waals surface area contributed by atoms with Crippen LogP contribution in [0.15, 0.2) is 28.2 Å². The van der Waals surface area contributed by atoms with Crippen LogP contribution in [-0.2, 0) is 25.5 Å². The fourth-order valence-corrected chi connectivity index (χ4v) is 10.0. The SMILES string of the molecule is CCCCCc1cccc(OCOC)c1C1=N[C@@H]([C@H]2SC[C@@H]([C@@H](OC(=O)CC)C(C)(C)C3=N[C@@](C)(C(=O)O)CS3)N2C)CS1. The van der Waals surface area contributed by atoms with Crippen molar-refractivity contribution in [2.75, 3.05) is 38.2 Å². The number of hydrogen-bond acceptors (Lipinski definition) is 11. The quantitative estimate of drug-likeness (QED) is 0.137. The molecule has 1 saturated heterocycles. The molecule has 5 atom stereocenters. The minimum absolute atomic E-state index is 0.0492. The van der Waals surface area contributed by atoms with Crippen molar-refractivity contribution in [1.29, 1.82) is 0 Å². The second kappa shape index (κ2) is 15.2. The highest BCUT2D eigenvalue weighted by Crippen LogP contribution is 2.45. The second-order valence-corrected chi connectivity index (χ2v) is 15.5. The lowest BCUT2D eigenvalue weighted by Gasteiger charge is -2.40. The van der Waals surface area contributed by atoms with Gasteiger partial charge in [-0.15, -0.1) is 35.3 Å². The molecule has 0 radical (unpaired) electrons. The number of methoxy groups -OCH3 is 1. The number of aliphatic carboxylic acids is 1. The van der Waals surface area contributed by atoms with E-state index in [1.807, 2.05) is 37.7 Å². The first kappa shape index (κ1) is 35.1. The molecule has 1 aromatic carbocycles. The van der Waals surface area contributed by atoms with Crippen molar-refractivity contribution in [2.45, 2.75) is 95.8 Å². The molecule has 4 rings (SSSR count). The molecule has 0 spiro atoms. The number of benzene rings is 1. The molecule has 0 unspecified atom stereocenters. The topological polar surface area (TPSA) is 110 Å². The molecule has 3 aliphatic heterocycles. The van der Waals surface area contributed by atoms with Crippen molar-refractivity contribution in [3.8, 4) is 5.75 Å². The van der Waals surface area contributed by atoms with Crippen LogP contribution in [0.4, 0.5) is 0 Å². The van der Waals surface area contributed by atoms with E-state index in [1.54, 1.807) is 32.7 Å². The average molecular weight is 666 g/mol. The number of aryl methyl sites for hydroxylation is 1. The Morgan fingerprint density at radius 1 is 1.20 bits per heavy atom. The van der Waals surface area contributed by atoms with Gasteiger partial charge in [0.15, 0.2) is 12.3 Å². The smallest absolute Gasteiger partial charge is 0.332 e. The number of hydrogen-bond donors (Lipinski definition) is 1. The van der Waals surface area contributed by atoms with E-state index in [0.29, 0.717) is 5.75 Å². The average Bonchev–Trinajstić information content (AvgIpc) is 3.74. The fraction of sp³-hybridized carbons (Fsp3) is 0.688. The third-order valence-electron chi connectivity index (χ3n) is 8.53. The Morgan fingerprint density at radius 3 is 2.64 bits per heavy atom. The number of carbonyl (C=O) groups is 2. The van der Waals surface area contributed by atoms with Gasteiger partial charge < -0.3 is 19.3 Å². The molecule has 3 aliphatic rings. The summed E-state index contributed by atoms with van der Waals surface area (Å²) in [5.74, 6) is 1.56. The van der Waals surface area contributed by atoms with Gasteiger partial charge in [-0.05, 0) is 38.4 Å². The number of likely N-dealkylation sites (N-methyl/N-ethyl adjacent to an activating group) is 1. The van der Waals surface area contributed by atoms with Gasteiger partial charge in [-0.2, -0.15) is 0 Å². The van der Waals surface area contributed by atoms with E-state index >= 15 is 0 Å². The highest BCUT2D eigenvalue weighted by atomic mass is 32.2. The van der Waals surface area contributed by atoms with Crippen LogP contribution >= 0.6 is 35.3 Å². The third kappa shape index (κ3) is 7.62. The maximum Gasteiger partial charge on any atom is 0.332 e. The summed E-state index contributed by atoms with van der Waals surface area (Å²) >= 11 is 5.07. The lowest BCUT2D eigenvalue weighted by atomic mass is 9.82. The van der Waals surface area contributed by atoms with Gasteiger partial charge in [-0.3, -0.25) is 19.7 Å². The van der Waals surface area contributed by atoms with Crippen molar-refractivity contribution in [1.82, 2.24) is 4.90 Å². The van der Waals surface area contributed by atoms with Gasteiger partial charge in [0, 0.05) is 30.8 Å². The zero-order valence-corrected chi connectivity index (χ0v) is 29.4. The summed E-state index contributed by atoms with van der Waals surface area (Å²) in [4.78, 5) is 36.9. The van der Waals surface area contributed by atoms with Crippen molar-refractivity contribution in [2.24, 2.45) is 15.4 Å². The lowest BCUT2D eigenvalue weighted by molar-refractivity contribution is -0.156. The van der Waals surface area contributed by atoms with Crippen molar-refractivity contribution in [3.05, 3.63) is 29.3 Å². The van der Waals surface area contributed by atoms with Gasteiger partial charge in [-0.1, -0.05) is 52.7 Å². The maximum atomic E-state index is 12.7. The molecular formula is C32H47N3O6S3. The first-order valence-electron chi connectivity index (χ1n) is 15.4. The highest BCUT2D eigenvalue weighted by Gasteiger charge is 2.52. The summed E-state index contributed by atoms with van der Waals surface area (Å²) in [6.07, 6.45) is 4.20. The number of thioether (sulfide) groups is 3. The number of carboxylic acids is 1. The van der Waals surface area contributed by atoms with Gasteiger partial charge in [-0.25, -0.2) is 4.79 Å². The summed E-state index contributed by atoms with van der Waals surface area (Å²) in [7, 11) is 3.72. The number of nitrogens with zero attached hydrogens (tertiary/aromatic N) is 3. The van der Waals surface area contributed by atoms with Gasteiger partial charge >= 0.3 is 11.9 Å². The van der Waals surface area contributed by atoms with Crippen LogP contribution in [-0.4, -0.2) is 99.3 Å². The Morgan fingerprint density at radius 2 is 1.98 bits per heavy atom. The summed E-state index contributed by atoms with van der Waals surface area (Å²) in [6.45, 7) is 9.87. The highest BCUT2D eigenvalue weighted by molar-refractivity contribution is 8.15. The molecule has 0 aliphatic carbocycles. The first-order chi connectivity index (χ1) is 21.0.